The first-order valence-electron chi connectivity index (χ1n) is 11.0. The van der Waals surface area contributed by atoms with Crippen LogP contribution in [0.5, 0.6) is 0 Å². The molecule has 4 nitrogen and oxygen atoms in total. The van der Waals surface area contributed by atoms with E-state index in [2.05, 4.69) is 74.4 Å². The maximum Gasteiger partial charge on any atom is 0.219 e. The number of hydrogen-bond acceptors (Lipinski definition) is 3. The SMILES string of the molecule is CCC(=O)NCCc1ccccc1.CCC1=C(C)OC(c2ccc(CC)cc2)N1C. The van der Waals surface area contributed by atoms with E-state index in [1.807, 2.05) is 25.1 Å². The minimum Gasteiger partial charge on any atom is -0.469 e. The number of carbonyl (C=O) groups is 1. The lowest BCUT2D eigenvalue weighted by atomic mass is 10.1. The van der Waals surface area contributed by atoms with Gasteiger partial charge in [-0.15, -0.1) is 0 Å². The molecule has 0 aromatic heterocycles. The van der Waals surface area contributed by atoms with Gasteiger partial charge in [0.25, 0.3) is 0 Å². The van der Waals surface area contributed by atoms with Crippen LogP contribution in [0, 0.1) is 0 Å². The van der Waals surface area contributed by atoms with Gasteiger partial charge in [-0.1, -0.05) is 75.4 Å². The molecular formula is C26H36N2O2. The number of benzene rings is 2. The third-order valence-corrected chi connectivity index (χ3v) is 5.38. The van der Waals surface area contributed by atoms with Crippen LogP contribution in [0.1, 0.15) is 63.5 Å². The molecule has 0 saturated heterocycles. The summed E-state index contributed by atoms with van der Waals surface area (Å²) in [5.41, 5.74) is 5.16. The number of nitrogens with one attached hydrogen (secondary N) is 1. The van der Waals surface area contributed by atoms with Gasteiger partial charge in [-0.2, -0.15) is 0 Å². The first-order valence-corrected chi connectivity index (χ1v) is 11.0. The second kappa shape index (κ2) is 12.1. The van der Waals surface area contributed by atoms with Gasteiger partial charge >= 0.3 is 0 Å². The number of allylic oxidation sites excluding steroid dienone is 2. The molecule has 1 heterocycles. The molecule has 1 atom stereocenters. The summed E-state index contributed by atoms with van der Waals surface area (Å²) in [6.07, 6.45) is 3.63. The quantitative estimate of drug-likeness (QED) is 0.648. The van der Waals surface area contributed by atoms with Crippen molar-refractivity contribution in [3.63, 3.8) is 0 Å². The Morgan fingerprint density at radius 2 is 1.63 bits per heavy atom. The first kappa shape index (κ1) is 23.5. The van der Waals surface area contributed by atoms with E-state index in [4.69, 9.17) is 4.74 Å². The molecular weight excluding hydrogens is 372 g/mol. The standard InChI is InChI=1S/C15H21NO.C11H15NO/c1-5-12-7-9-13(10-8-12)15-16(4)14(6-2)11(3)17-15;1-2-11(13)12-9-8-10-6-4-3-5-7-10/h7-10,15H,5-6H2,1-4H3;3-7H,2,8-9H2,1H3,(H,12,13). The van der Waals surface area contributed by atoms with Crippen molar-refractivity contribution < 1.29 is 9.53 Å². The van der Waals surface area contributed by atoms with E-state index in [0.29, 0.717) is 6.42 Å². The van der Waals surface area contributed by atoms with E-state index in [-0.39, 0.29) is 12.1 Å². The molecule has 162 valence electrons. The summed E-state index contributed by atoms with van der Waals surface area (Å²) in [7, 11) is 2.10. The number of carbonyl (C=O) groups excluding carboxylic acids is 1. The minimum absolute atomic E-state index is 0.0517. The van der Waals surface area contributed by atoms with Crippen LogP contribution >= 0.6 is 0 Å². The number of amides is 1. The van der Waals surface area contributed by atoms with E-state index in [9.17, 15) is 4.79 Å². The van der Waals surface area contributed by atoms with Crippen LogP contribution in [-0.2, 0) is 22.4 Å². The molecule has 1 unspecified atom stereocenters. The van der Waals surface area contributed by atoms with E-state index in [1.54, 1.807) is 0 Å². The minimum atomic E-state index is 0.0517. The molecule has 0 bridgehead atoms. The summed E-state index contributed by atoms with van der Waals surface area (Å²) in [6, 6.07) is 18.9. The van der Waals surface area contributed by atoms with Crippen LogP contribution in [0.25, 0.3) is 0 Å². The Kier molecular flexibility index (Phi) is 9.46. The normalized spacial score (nSPS) is 15.4. The van der Waals surface area contributed by atoms with Crippen LogP contribution in [0.2, 0.25) is 0 Å². The fraction of sp³-hybridized carbons (Fsp3) is 0.423. The molecule has 3 rings (SSSR count). The molecule has 0 fully saturated rings. The molecule has 2 aromatic rings. The molecule has 1 amide bonds. The maximum atomic E-state index is 10.9. The largest absolute Gasteiger partial charge is 0.469 e. The van der Waals surface area contributed by atoms with Crippen molar-refractivity contribution in [2.24, 2.45) is 0 Å². The van der Waals surface area contributed by atoms with Gasteiger partial charge in [0.15, 0.2) is 6.23 Å². The van der Waals surface area contributed by atoms with Gasteiger partial charge in [-0.3, -0.25) is 4.79 Å². The molecule has 1 aliphatic rings. The molecule has 0 spiro atoms. The van der Waals surface area contributed by atoms with Gasteiger partial charge in [0.1, 0.15) is 5.76 Å². The maximum absolute atomic E-state index is 10.9. The zero-order valence-corrected chi connectivity index (χ0v) is 19.1. The summed E-state index contributed by atoms with van der Waals surface area (Å²) >= 11 is 0. The highest BCUT2D eigenvalue weighted by Crippen LogP contribution is 2.36. The van der Waals surface area contributed by atoms with Gasteiger partial charge in [-0.05, 0) is 37.3 Å². The predicted octanol–water partition coefficient (Wildman–Crippen LogP) is 5.61. The van der Waals surface area contributed by atoms with Gasteiger partial charge in [-0.25, -0.2) is 0 Å². The van der Waals surface area contributed by atoms with E-state index in [1.165, 1.54) is 22.4 Å². The van der Waals surface area contributed by atoms with Crippen LogP contribution in [-0.4, -0.2) is 24.4 Å². The van der Waals surface area contributed by atoms with Crippen molar-refractivity contribution in [1.29, 1.82) is 0 Å². The highest BCUT2D eigenvalue weighted by atomic mass is 16.5. The third kappa shape index (κ3) is 6.65. The first-order chi connectivity index (χ1) is 14.5. The van der Waals surface area contributed by atoms with E-state index < -0.39 is 0 Å². The van der Waals surface area contributed by atoms with Gasteiger partial charge < -0.3 is 15.0 Å². The van der Waals surface area contributed by atoms with Crippen LogP contribution in [0.3, 0.4) is 0 Å². The molecule has 1 N–H and O–H groups in total. The Morgan fingerprint density at radius 1 is 0.967 bits per heavy atom. The van der Waals surface area contributed by atoms with Crippen molar-refractivity contribution in [1.82, 2.24) is 10.2 Å². The number of nitrogens with zero attached hydrogens (tertiary/aromatic N) is 1. The molecule has 1 aliphatic heterocycles. The summed E-state index contributed by atoms with van der Waals surface area (Å²) in [5, 5.41) is 2.84. The second-order valence-electron chi connectivity index (χ2n) is 7.47. The van der Waals surface area contributed by atoms with E-state index in [0.717, 1.165) is 31.6 Å². The van der Waals surface area contributed by atoms with Crippen molar-refractivity contribution in [2.75, 3.05) is 13.6 Å². The fourth-order valence-electron chi connectivity index (χ4n) is 3.53. The van der Waals surface area contributed by atoms with Crippen LogP contribution in [0.4, 0.5) is 0 Å². The Bertz CT molecular complexity index is 813. The Balaban J connectivity index is 0.000000222. The Morgan fingerprint density at radius 3 is 2.17 bits per heavy atom. The summed E-state index contributed by atoms with van der Waals surface area (Å²) in [4.78, 5) is 13.1. The third-order valence-electron chi connectivity index (χ3n) is 5.38. The number of aryl methyl sites for hydroxylation is 1. The fourth-order valence-corrected chi connectivity index (χ4v) is 3.53. The highest BCUT2D eigenvalue weighted by Gasteiger charge is 2.28. The summed E-state index contributed by atoms with van der Waals surface area (Å²) < 4.78 is 5.94. The number of hydrogen-bond donors (Lipinski definition) is 1. The van der Waals surface area contributed by atoms with Gasteiger partial charge in [0, 0.05) is 25.6 Å². The van der Waals surface area contributed by atoms with Crippen LogP contribution < -0.4 is 5.32 Å². The van der Waals surface area contributed by atoms with Crippen molar-refractivity contribution in [2.45, 2.75) is 59.6 Å². The summed E-state index contributed by atoms with van der Waals surface area (Å²) in [6.45, 7) is 8.99. The van der Waals surface area contributed by atoms with Crippen LogP contribution in [0.15, 0.2) is 66.1 Å². The van der Waals surface area contributed by atoms with E-state index >= 15 is 0 Å². The zero-order chi connectivity index (χ0) is 21.9. The molecule has 0 saturated carbocycles. The lowest BCUT2D eigenvalue weighted by Crippen LogP contribution is -2.24. The topological polar surface area (TPSA) is 41.6 Å². The average Bonchev–Trinajstić information content (AvgIpc) is 3.08. The monoisotopic (exact) mass is 408 g/mol. The molecule has 0 radical (unpaired) electrons. The highest BCUT2D eigenvalue weighted by molar-refractivity contribution is 5.75. The Labute approximate surface area is 181 Å². The molecule has 4 heteroatoms. The number of rotatable bonds is 7. The molecule has 30 heavy (non-hydrogen) atoms. The zero-order valence-electron chi connectivity index (χ0n) is 19.1. The number of ether oxygens (including phenoxy) is 1. The predicted molar refractivity (Wildman–Crippen MR) is 124 cm³/mol. The lowest BCUT2D eigenvalue weighted by Gasteiger charge is -2.23. The summed E-state index contributed by atoms with van der Waals surface area (Å²) in [5.74, 6) is 1.18. The van der Waals surface area contributed by atoms with Crippen molar-refractivity contribution in [3.05, 3.63) is 82.7 Å². The van der Waals surface area contributed by atoms with Gasteiger partial charge in [0.2, 0.25) is 5.91 Å². The van der Waals surface area contributed by atoms with Gasteiger partial charge in [0.05, 0.1) is 5.70 Å². The second-order valence-corrected chi connectivity index (χ2v) is 7.47. The molecule has 0 aliphatic carbocycles. The lowest BCUT2D eigenvalue weighted by molar-refractivity contribution is -0.120. The smallest absolute Gasteiger partial charge is 0.219 e. The molecule has 2 aromatic carbocycles. The average molecular weight is 409 g/mol. The Hall–Kier alpha value is -2.75. The van der Waals surface area contributed by atoms with Crippen molar-refractivity contribution >= 4 is 5.91 Å². The van der Waals surface area contributed by atoms with Crippen molar-refractivity contribution in [3.8, 4) is 0 Å².